The van der Waals surface area contributed by atoms with Crippen LogP contribution in [0.25, 0.3) is 22.3 Å². The minimum atomic E-state index is -0.186. The van der Waals surface area contributed by atoms with Crippen LogP contribution in [0.15, 0.2) is 36.9 Å². The molecule has 0 unspecified atom stereocenters. The highest BCUT2D eigenvalue weighted by atomic mass is 35.5. The fraction of sp³-hybridized carbons (Fsp3) is 0.423. The van der Waals surface area contributed by atoms with Crippen molar-refractivity contribution in [2.24, 2.45) is 0 Å². The van der Waals surface area contributed by atoms with Crippen molar-refractivity contribution < 1.29 is 9.53 Å². The van der Waals surface area contributed by atoms with Crippen molar-refractivity contribution in [2.75, 3.05) is 18.5 Å². The molecule has 1 saturated carbocycles. The lowest BCUT2D eigenvalue weighted by molar-refractivity contribution is 0.0697. The predicted octanol–water partition coefficient (Wildman–Crippen LogP) is 5.24. The number of carbonyl (C=O) groups excluding carboxylic acids is 1. The van der Waals surface area contributed by atoms with Crippen LogP contribution in [0.2, 0.25) is 5.15 Å². The van der Waals surface area contributed by atoms with E-state index in [0.29, 0.717) is 52.0 Å². The van der Waals surface area contributed by atoms with E-state index < -0.39 is 0 Å². The van der Waals surface area contributed by atoms with Gasteiger partial charge in [0.1, 0.15) is 16.8 Å². The van der Waals surface area contributed by atoms with E-state index in [-0.39, 0.29) is 18.0 Å². The van der Waals surface area contributed by atoms with Gasteiger partial charge in [-0.2, -0.15) is 5.10 Å². The maximum absolute atomic E-state index is 13.3. The van der Waals surface area contributed by atoms with Gasteiger partial charge >= 0.3 is 0 Å². The smallest absolute Gasteiger partial charge is 0.255 e. The van der Waals surface area contributed by atoms with Gasteiger partial charge in [-0.25, -0.2) is 19.0 Å². The molecule has 1 aliphatic carbocycles. The molecule has 0 radical (unpaired) electrons. The fourth-order valence-electron chi connectivity index (χ4n) is 4.57. The number of carbonyl (C=O) groups is 1. The summed E-state index contributed by atoms with van der Waals surface area (Å²) in [5.74, 6) is 1.60. The van der Waals surface area contributed by atoms with E-state index in [4.69, 9.17) is 16.3 Å². The highest BCUT2D eigenvalue weighted by Crippen LogP contribution is 2.36. The Labute approximate surface area is 229 Å². The molecule has 5 heterocycles. The van der Waals surface area contributed by atoms with Crippen LogP contribution in [-0.4, -0.2) is 59.1 Å². The maximum atomic E-state index is 13.3. The number of anilines is 2. The van der Waals surface area contributed by atoms with Crippen LogP contribution in [-0.2, 0) is 4.74 Å². The second-order valence-corrected chi connectivity index (χ2v) is 11.5. The summed E-state index contributed by atoms with van der Waals surface area (Å²) in [7, 11) is 0. The second-order valence-electron chi connectivity index (χ2n) is 9.90. The first-order valence-electron chi connectivity index (χ1n) is 12.9. The highest BCUT2D eigenvalue weighted by Gasteiger charge is 2.26. The van der Waals surface area contributed by atoms with Crippen molar-refractivity contribution in [1.29, 1.82) is 0 Å². The first kappa shape index (κ1) is 25.1. The van der Waals surface area contributed by atoms with E-state index in [2.05, 4.69) is 30.7 Å². The van der Waals surface area contributed by atoms with Crippen molar-refractivity contribution >= 4 is 52.0 Å². The van der Waals surface area contributed by atoms with Crippen molar-refractivity contribution in [3.05, 3.63) is 47.6 Å². The number of rotatable bonds is 8. The van der Waals surface area contributed by atoms with Gasteiger partial charge in [0, 0.05) is 60.6 Å². The molecule has 1 amide bonds. The summed E-state index contributed by atoms with van der Waals surface area (Å²) >= 11 is 8.53. The third-order valence-electron chi connectivity index (χ3n) is 6.64. The Morgan fingerprint density at radius 2 is 1.97 bits per heavy atom. The van der Waals surface area contributed by atoms with E-state index in [1.54, 1.807) is 36.6 Å². The summed E-state index contributed by atoms with van der Waals surface area (Å²) < 4.78 is 9.25. The molecule has 1 aliphatic heterocycles. The zero-order chi connectivity index (χ0) is 26.2. The molecule has 38 heavy (non-hydrogen) atoms. The third kappa shape index (κ3) is 5.23. The average molecular weight is 553 g/mol. The van der Waals surface area contributed by atoms with Gasteiger partial charge in [0.25, 0.3) is 5.91 Å². The number of aromatic nitrogens is 6. The van der Waals surface area contributed by atoms with Crippen LogP contribution in [0.4, 0.5) is 11.6 Å². The minimum absolute atomic E-state index is 0.0422. The summed E-state index contributed by atoms with van der Waals surface area (Å²) in [5.41, 5.74) is 2.13. The van der Waals surface area contributed by atoms with Gasteiger partial charge in [-0.1, -0.05) is 11.6 Å². The number of halogens is 1. The molecule has 4 aromatic heterocycles. The molecular weight excluding hydrogens is 524 g/mol. The molecule has 12 heteroatoms. The van der Waals surface area contributed by atoms with Crippen LogP contribution in [0, 0.1) is 0 Å². The van der Waals surface area contributed by atoms with Crippen molar-refractivity contribution in [1.82, 2.24) is 34.0 Å². The number of nitrogens with zero attached hydrogens (tertiary/aromatic N) is 6. The van der Waals surface area contributed by atoms with Gasteiger partial charge in [-0.05, 0) is 57.5 Å². The highest BCUT2D eigenvalue weighted by molar-refractivity contribution is 7.98. The van der Waals surface area contributed by atoms with Gasteiger partial charge in [-0.15, -0.1) is 0 Å². The Bertz CT molecular complexity index is 1480. The molecule has 198 valence electrons. The third-order valence-corrected chi connectivity index (χ3v) is 8.20. The van der Waals surface area contributed by atoms with Crippen LogP contribution >= 0.6 is 23.5 Å². The monoisotopic (exact) mass is 552 g/mol. The molecule has 0 atom stereocenters. The van der Waals surface area contributed by atoms with Crippen LogP contribution in [0.1, 0.15) is 55.9 Å². The Kier molecular flexibility index (Phi) is 6.98. The van der Waals surface area contributed by atoms with E-state index in [1.807, 2.05) is 34.8 Å². The molecule has 0 spiro atoms. The van der Waals surface area contributed by atoms with Gasteiger partial charge in [-0.3, -0.25) is 4.79 Å². The van der Waals surface area contributed by atoms with Crippen molar-refractivity contribution in [2.45, 2.75) is 56.9 Å². The quantitative estimate of drug-likeness (QED) is 0.305. The summed E-state index contributed by atoms with van der Waals surface area (Å²) in [6.07, 6.45) is 11.2. The van der Waals surface area contributed by atoms with E-state index in [9.17, 15) is 4.79 Å². The summed E-state index contributed by atoms with van der Waals surface area (Å²) in [6, 6.07) is 3.81. The summed E-state index contributed by atoms with van der Waals surface area (Å²) in [6.45, 7) is 5.37. The zero-order valence-electron chi connectivity index (χ0n) is 21.2. The van der Waals surface area contributed by atoms with Gasteiger partial charge in [0.2, 0.25) is 0 Å². The van der Waals surface area contributed by atoms with Crippen LogP contribution in [0.5, 0.6) is 0 Å². The number of nitrogens with one attached hydrogen (secondary N) is 2. The number of fused-ring (bicyclic) bond motifs is 1. The topological polar surface area (TPSA) is 112 Å². The molecule has 4 aromatic rings. The molecule has 2 aliphatic rings. The zero-order valence-corrected chi connectivity index (χ0v) is 22.8. The van der Waals surface area contributed by atoms with Gasteiger partial charge < -0.3 is 19.9 Å². The van der Waals surface area contributed by atoms with Crippen molar-refractivity contribution in [3.8, 4) is 11.4 Å². The molecule has 6 rings (SSSR count). The number of hydrogen-bond donors (Lipinski definition) is 2. The average Bonchev–Trinajstić information content (AvgIpc) is 3.50. The van der Waals surface area contributed by atoms with E-state index in [0.717, 1.165) is 23.9 Å². The number of amides is 1. The number of pyridine rings is 1. The Hall–Kier alpha value is -3.15. The van der Waals surface area contributed by atoms with Crippen molar-refractivity contribution in [3.63, 3.8) is 0 Å². The second kappa shape index (κ2) is 10.5. The Morgan fingerprint density at radius 1 is 1.16 bits per heavy atom. The molecule has 1 saturated heterocycles. The van der Waals surface area contributed by atoms with Crippen LogP contribution in [0.3, 0.4) is 0 Å². The molecule has 0 bridgehead atoms. The first-order valence-corrected chi connectivity index (χ1v) is 14.1. The predicted molar refractivity (Wildman–Crippen MR) is 149 cm³/mol. The SMILES string of the molecule is CC(C)n1c(Cl)c(C(=O)NC2CCOCC2)c2cnc(Nc3ccnc(-c4cnn(SC5CC5)c4)n3)cc21. The Morgan fingerprint density at radius 3 is 2.74 bits per heavy atom. The molecule has 10 nitrogen and oxygen atoms in total. The Balaban J connectivity index is 1.27. The normalized spacial score (nSPS) is 16.3. The lowest BCUT2D eigenvalue weighted by atomic mass is 10.1. The van der Waals surface area contributed by atoms with Gasteiger partial charge in [0.05, 0.1) is 22.8 Å². The summed E-state index contributed by atoms with van der Waals surface area (Å²) in [4.78, 5) is 27.0. The molecular formula is C26H29ClN8O2S. The molecule has 0 aromatic carbocycles. The maximum Gasteiger partial charge on any atom is 0.255 e. The van der Waals surface area contributed by atoms with E-state index >= 15 is 0 Å². The standard InChI is InChI=1S/C26H29ClN8O2S/c1-15(2)35-20-11-22(29-13-19(20)23(24(35)27)26(36)31-17-6-9-37-10-7-17)32-21-5-8-28-25(33-21)16-12-30-34(14-16)38-18-3-4-18/h5,8,11-15,17-18H,3-4,6-7,9-10H2,1-2H3,(H,31,36)(H,28,29,32,33). The number of hydrogen-bond acceptors (Lipinski definition) is 8. The molecule has 2 N–H and O–H groups in total. The minimum Gasteiger partial charge on any atom is -0.381 e. The van der Waals surface area contributed by atoms with Gasteiger partial charge in [0.15, 0.2) is 5.82 Å². The van der Waals surface area contributed by atoms with Crippen LogP contribution < -0.4 is 10.6 Å². The fourth-order valence-corrected chi connectivity index (χ4v) is 5.97. The lowest BCUT2D eigenvalue weighted by Gasteiger charge is -2.23. The first-order chi connectivity index (χ1) is 18.5. The molecule has 2 fully saturated rings. The largest absolute Gasteiger partial charge is 0.381 e. The number of ether oxygens (including phenoxy) is 1. The van der Waals surface area contributed by atoms with E-state index in [1.165, 1.54) is 12.8 Å². The summed E-state index contributed by atoms with van der Waals surface area (Å²) in [5, 5.41) is 12.6. The lowest BCUT2D eigenvalue weighted by Crippen LogP contribution is -2.39.